The largest absolute Gasteiger partial charge is 0.494 e. The minimum atomic E-state index is 0. The van der Waals surface area contributed by atoms with Gasteiger partial charge in [0.15, 0.2) is 5.96 Å². The molecule has 0 amide bonds. The maximum atomic E-state index is 5.65. The summed E-state index contributed by atoms with van der Waals surface area (Å²) in [6.45, 7) is 9.08. The van der Waals surface area contributed by atoms with Crippen LogP contribution in [0.2, 0.25) is 0 Å². The Balaban J connectivity index is 0.00000625. The molecule has 0 aliphatic heterocycles. The predicted octanol–water partition coefficient (Wildman–Crippen LogP) is 3.20. The van der Waals surface area contributed by atoms with Crippen molar-refractivity contribution in [1.29, 1.82) is 0 Å². The molecular formula is C19H34IN3O3. The van der Waals surface area contributed by atoms with Gasteiger partial charge >= 0.3 is 0 Å². The van der Waals surface area contributed by atoms with Gasteiger partial charge in [-0.15, -0.1) is 24.0 Å². The van der Waals surface area contributed by atoms with Crippen molar-refractivity contribution in [2.75, 3.05) is 46.6 Å². The molecule has 0 saturated heterocycles. The molecule has 7 heteroatoms. The summed E-state index contributed by atoms with van der Waals surface area (Å²) >= 11 is 0. The molecule has 1 aromatic carbocycles. The first-order valence-electron chi connectivity index (χ1n) is 9.11. The summed E-state index contributed by atoms with van der Waals surface area (Å²) in [7, 11) is 1.68. The Morgan fingerprint density at radius 1 is 1.04 bits per heavy atom. The number of methoxy groups -OCH3 is 1. The second-order valence-corrected chi connectivity index (χ2v) is 5.47. The minimum Gasteiger partial charge on any atom is -0.494 e. The van der Waals surface area contributed by atoms with Gasteiger partial charge in [-0.3, -0.25) is 0 Å². The zero-order valence-electron chi connectivity index (χ0n) is 16.3. The van der Waals surface area contributed by atoms with Crippen LogP contribution in [0.5, 0.6) is 5.75 Å². The van der Waals surface area contributed by atoms with Gasteiger partial charge in [0.25, 0.3) is 0 Å². The van der Waals surface area contributed by atoms with E-state index in [2.05, 4.69) is 28.6 Å². The van der Waals surface area contributed by atoms with Gasteiger partial charge in [0, 0.05) is 32.4 Å². The van der Waals surface area contributed by atoms with E-state index in [0.717, 1.165) is 49.8 Å². The summed E-state index contributed by atoms with van der Waals surface area (Å²) < 4.78 is 16.1. The standard InChI is InChI=1S/C19H33N3O3.HI/c1-4-20-19(21-12-8-9-13-24-15-14-23-3)22-16-17-10-6-7-11-18(17)25-5-2;/h6-7,10-11H,4-5,8-9,12-16H2,1-3H3,(H2,20,21,22);1H. The Hall–Kier alpha value is -1.06. The van der Waals surface area contributed by atoms with Crippen LogP contribution in [0.15, 0.2) is 29.3 Å². The van der Waals surface area contributed by atoms with E-state index in [4.69, 9.17) is 14.2 Å². The van der Waals surface area contributed by atoms with Crippen LogP contribution < -0.4 is 15.4 Å². The van der Waals surface area contributed by atoms with Crippen LogP contribution in [0.4, 0.5) is 0 Å². The monoisotopic (exact) mass is 479 g/mol. The van der Waals surface area contributed by atoms with Crippen molar-refractivity contribution in [3.05, 3.63) is 29.8 Å². The summed E-state index contributed by atoms with van der Waals surface area (Å²) in [5.41, 5.74) is 1.09. The molecular weight excluding hydrogens is 445 g/mol. The van der Waals surface area contributed by atoms with Gasteiger partial charge in [-0.25, -0.2) is 4.99 Å². The van der Waals surface area contributed by atoms with Crippen LogP contribution in [0.25, 0.3) is 0 Å². The number of nitrogens with zero attached hydrogens (tertiary/aromatic N) is 1. The molecule has 0 aliphatic rings. The fourth-order valence-electron chi connectivity index (χ4n) is 2.22. The highest BCUT2D eigenvalue weighted by molar-refractivity contribution is 14.0. The summed E-state index contributed by atoms with van der Waals surface area (Å²) in [5.74, 6) is 1.73. The lowest BCUT2D eigenvalue weighted by atomic mass is 10.2. The average molecular weight is 479 g/mol. The van der Waals surface area contributed by atoms with Gasteiger partial charge in [-0.2, -0.15) is 0 Å². The van der Waals surface area contributed by atoms with Gasteiger partial charge in [0.05, 0.1) is 26.4 Å². The van der Waals surface area contributed by atoms with Gasteiger partial charge in [0.1, 0.15) is 5.75 Å². The van der Waals surface area contributed by atoms with Crippen molar-refractivity contribution in [3.63, 3.8) is 0 Å². The molecule has 0 fully saturated rings. The number of nitrogens with one attached hydrogen (secondary N) is 2. The number of halogens is 1. The van der Waals surface area contributed by atoms with Crippen LogP contribution in [0.1, 0.15) is 32.3 Å². The third kappa shape index (κ3) is 11.5. The highest BCUT2D eigenvalue weighted by Gasteiger charge is 2.03. The topological polar surface area (TPSA) is 64.1 Å². The lowest BCUT2D eigenvalue weighted by Gasteiger charge is -2.12. The molecule has 150 valence electrons. The van der Waals surface area contributed by atoms with E-state index in [9.17, 15) is 0 Å². The maximum absolute atomic E-state index is 5.65. The van der Waals surface area contributed by atoms with Crippen LogP contribution in [0, 0.1) is 0 Å². The molecule has 1 rings (SSSR count). The van der Waals surface area contributed by atoms with E-state index in [1.165, 1.54) is 0 Å². The molecule has 1 aromatic rings. The first-order valence-corrected chi connectivity index (χ1v) is 9.11. The first kappa shape index (κ1) is 24.9. The van der Waals surface area contributed by atoms with Crippen LogP contribution in [0.3, 0.4) is 0 Å². The number of rotatable bonds is 13. The van der Waals surface area contributed by atoms with Crippen molar-refractivity contribution in [3.8, 4) is 5.75 Å². The van der Waals surface area contributed by atoms with Gasteiger partial charge in [-0.1, -0.05) is 18.2 Å². The molecule has 26 heavy (non-hydrogen) atoms. The quantitative estimate of drug-likeness (QED) is 0.197. The average Bonchev–Trinajstić information content (AvgIpc) is 2.63. The lowest BCUT2D eigenvalue weighted by Crippen LogP contribution is -2.37. The fraction of sp³-hybridized carbons (Fsp3) is 0.632. The molecule has 0 aromatic heterocycles. The smallest absolute Gasteiger partial charge is 0.191 e. The van der Waals surface area contributed by atoms with Crippen molar-refractivity contribution >= 4 is 29.9 Å². The Labute approximate surface area is 175 Å². The molecule has 0 atom stereocenters. The van der Waals surface area contributed by atoms with E-state index in [0.29, 0.717) is 26.4 Å². The number of guanidine groups is 1. The zero-order chi connectivity index (χ0) is 18.2. The predicted molar refractivity (Wildman–Crippen MR) is 118 cm³/mol. The van der Waals surface area contributed by atoms with Gasteiger partial charge in [0.2, 0.25) is 0 Å². The highest BCUT2D eigenvalue weighted by atomic mass is 127. The van der Waals surface area contributed by atoms with E-state index in [-0.39, 0.29) is 24.0 Å². The molecule has 0 aliphatic carbocycles. The van der Waals surface area contributed by atoms with E-state index >= 15 is 0 Å². The minimum absolute atomic E-state index is 0. The number of hydrogen-bond donors (Lipinski definition) is 2. The number of benzene rings is 1. The normalized spacial score (nSPS) is 11.0. The van der Waals surface area contributed by atoms with Gasteiger partial charge in [-0.05, 0) is 32.8 Å². The van der Waals surface area contributed by atoms with Crippen LogP contribution >= 0.6 is 24.0 Å². The number of aliphatic imine (C=N–C) groups is 1. The summed E-state index contributed by atoms with van der Waals surface area (Å²) in [5, 5.41) is 6.64. The molecule has 0 heterocycles. The van der Waals surface area contributed by atoms with E-state index in [1.807, 2.05) is 25.1 Å². The van der Waals surface area contributed by atoms with Crippen molar-refractivity contribution in [1.82, 2.24) is 10.6 Å². The number of hydrogen-bond acceptors (Lipinski definition) is 4. The van der Waals surface area contributed by atoms with E-state index in [1.54, 1.807) is 7.11 Å². The Bertz CT molecular complexity index is 487. The second kappa shape index (κ2) is 17.4. The molecule has 2 N–H and O–H groups in total. The molecule has 0 unspecified atom stereocenters. The first-order chi connectivity index (χ1) is 12.3. The SMILES string of the molecule is CCNC(=NCc1ccccc1OCC)NCCCCOCCOC.I. The van der Waals surface area contributed by atoms with Crippen LogP contribution in [-0.4, -0.2) is 52.6 Å². The van der Waals surface area contributed by atoms with Crippen LogP contribution in [-0.2, 0) is 16.0 Å². The summed E-state index contributed by atoms with van der Waals surface area (Å²) in [4.78, 5) is 4.65. The Morgan fingerprint density at radius 3 is 2.58 bits per heavy atom. The molecule has 6 nitrogen and oxygen atoms in total. The number of para-hydroxylation sites is 1. The molecule has 0 radical (unpaired) electrons. The molecule has 0 spiro atoms. The van der Waals surface area contributed by atoms with E-state index < -0.39 is 0 Å². The number of unbranched alkanes of at least 4 members (excludes halogenated alkanes) is 1. The molecule has 0 bridgehead atoms. The summed E-state index contributed by atoms with van der Waals surface area (Å²) in [6.07, 6.45) is 2.05. The Kier molecular flexibility index (Phi) is 16.7. The van der Waals surface area contributed by atoms with Gasteiger partial charge < -0.3 is 24.8 Å². The van der Waals surface area contributed by atoms with Crippen molar-refractivity contribution in [2.45, 2.75) is 33.2 Å². The fourth-order valence-corrected chi connectivity index (χ4v) is 2.22. The summed E-state index contributed by atoms with van der Waals surface area (Å²) in [6, 6.07) is 8.03. The lowest BCUT2D eigenvalue weighted by molar-refractivity contribution is 0.0689. The second-order valence-electron chi connectivity index (χ2n) is 5.47. The third-order valence-electron chi connectivity index (χ3n) is 3.46. The molecule has 0 saturated carbocycles. The zero-order valence-corrected chi connectivity index (χ0v) is 18.6. The highest BCUT2D eigenvalue weighted by Crippen LogP contribution is 2.18. The Morgan fingerprint density at radius 2 is 1.85 bits per heavy atom. The third-order valence-corrected chi connectivity index (χ3v) is 3.46. The van der Waals surface area contributed by atoms with Crippen molar-refractivity contribution in [2.24, 2.45) is 4.99 Å². The number of ether oxygens (including phenoxy) is 3. The maximum Gasteiger partial charge on any atom is 0.191 e. The van der Waals surface area contributed by atoms with Crippen molar-refractivity contribution < 1.29 is 14.2 Å².